The molecule has 1 aliphatic rings. The number of benzene rings is 1. The van der Waals surface area contributed by atoms with Crippen molar-refractivity contribution >= 4 is 34.8 Å². The van der Waals surface area contributed by atoms with Crippen LogP contribution in [-0.2, 0) is 4.79 Å². The highest BCUT2D eigenvalue weighted by atomic mass is 35.5. The minimum absolute atomic E-state index is 0.0576. The van der Waals surface area contributed by atoms with Crippen molar-refractivity contribution in [1.29, 1.82) is 0 Å². The van der Waals surface area contributed by atoms with Crippen LogP contribution in [-0.4, -0.2) is 5.91 Å². The van der Waals surface area contributed by atoms with Gasteiger partial charge < -0.3 is 5.32 Å². The van der Waals surface area contributed by atoms with E-state index in [2.05, 4.69) is 5.32 Å². The van der Waals surface area contributed by atoms with Gasteiger partial charge in [0.05, 0.1) is 5.92 Å². The number of rotatable bonds is 3. The molecule has 0 aromatic heterocycles. The van der Waals surface area contributed by atoms with E-state index in [0.29, 0.717) is 0 Å². The van der Waals surface area contributed by atoms with Gasteiger partial charge >= 0.3 is 0 Å². The Balaban J connectivity index is 2.15. The average Bonchev–Trinajstić information content (AvgIpc) is 2.86. The summed E-state index contributed by atoms with van der Waals surface area (Å²) in [7, 11) is 0. The molecule has 1 saturated carbocycles. The minimum atomic E-state index is -1.57. The largest absolute Gasteiger partial charge is 0.326 e. The molecule has 0 aliphatic heterocycles. The molecule has 1 aromatic carbocycles. The molecule has 2 rings (SSSR count). The van der Waals surface area contributed by atoms with Crippen molar-refractivity contribution in [3.05, 3.63) is 40.2 Å². The van der Waals surface area contributed by atoms with Gasteiger partial charge in [-0.15, -0.1) is 0 Å². The van der Waals surface area contributed by atoms with Crippen LogP contribution >= 0.6 is 23.2 Å². The first-order valence-electron chi connectivity index (χ1n) is 6.13. The Bertz CT molecular complexity index is 604. The smallest absolute Gasteiger partial charge is 0.228 e. The summed E-state index contributed by atoms with van der Waals surface area (Å²) in [5.41, 5.74) is -0.505. The third-order valence-electron chi connectivity index (χ3n) is 3.75. The van der Waals surface area contributed by atoms with Gasteiger partial charge in [-0.2, -0.15) is 0 Å². The molecule has 1 fully saturated rings. The fraction of sp³-hybridized carbons (Fsp3) is 0.357. The summed E-state index contributed by atoms with van der Waals surface area (Å²) in [5.74, 6) is -5.32. The van der Waals surface area contributed by atoms with Crippen LogP contribution in [0.1, 0.15) is 13.8 Å². The molecule has 1 unspecified atom stereocenters. The van der Waals surface area contributed by atoms with Crippen molar-refractivity contribution in [2.45, 2.75) is 13.8 Å². The number of nitrogens with one attached hydrogen (secondary N) is 1. The van der Waals surface area contributed by atoms with Crippen molar-refractivity contribution in [3.8, 4) is 0 Å². The first kappa shape index (κ1) is 16.2. The molecule has 0 heterocycles. The van der Waals surface area contributed by atoms with Gasteiger partial charge in [-0.3, -0.25) is 4.79 Å². The van der Waals surface area contributed by atoms with E-state index >= 15 is 0 Å². The Morgan fingerprint density at radius 3 is 2.24 bits per heavy atom. The second-order valence-corrected chi connectivity index (χ2v) is 6.53. The molecule has 114 valence electrons. The van der Waals surface area contributed by atoms with Gasteiger partial charge in [0, 0.05) is 17.8 Å². The van der Waals surface area contributed by atoms with Gasteiger partial charge in [0.15, 0.2) is 17.5 Å². The summed E-state index contributed by atoms with van der Waals surface area (Å²) in [5, 5.41) is 2.37. The summed E-state index contributed by atoms with van der Waals surface area (Å²) < 4.78 is 39.1. The third kappa shape index (κ3) is 3.19. The number of halogens is 5. The summed E-state index contributed by atoms with van der Waals surface area (Å²) in [4.78, 5) is 12.1. The number of carbonyl (C=O) groups is 1. The monoisotopic (exact) mass is 337 g/mol. The molecule has 0 bridgehead atoms. The van der Waals surface area contributed by atoms with E-state index in [1.165, 1.54) is 0 Å². The third-order valence-corrected chi connectivity index (χ3v) is 4.00. The van der Waals surface area contributed by atoms with E-state index in [4.69, 9.17) is 23.2 Å². The molecule has 1 aromatic rings. The molecule has 2 nitrogen and oxygen atoms in total. The Labute approximate surface area is 129 Å². The van der Waals surface area contributed by atoms with Crippen molar-refractivity contribution < 1.29 is 18.0 Å². The Kier molecular flexibility index (Phi) is 4.26. The zero-order valence-corrected chi connectivity index (χ0v) is 12.7. The van der Waals surface area contributed by atoms with Crippen LogP contribution in [0, 0.1) is 34.7 Å². The van der Waals surface area contributed by atoms with Gasteiger partial charge in [0.1, 0.15) is 4.49 Å². The van der Waals surface area contributed by atoms with Gasteiger partial charge in [0.2, 0.25) is 5.91 Å². The zero-order chi connectivity index (χ0) is 15.9. The maximum absolute atomic E-state index is 13.1. The van der Waals surface area contributed by atoms with E-state index in [1.54, 1.807) is 6.08 Å². The SMILES string of the molecule is CC1(C)C(C=C(Cl)Cl)[C@H]1C(=O)Nc1cc(F)c(F)c(F)c1. The molecule has 2 atom stereocenters. The van der Waals surface area contributed by atoms with Crippen LogP contribution in [0.2, 0.25) is 0 Å². The first-order valence-corrected chi connectivity index (χ1v) is 6.88. The molecule has 21 heavy (non-hydrogen) atoms. The van der Waals surface area contributed by atoms with Crippen LogP contribution in [0.15, 0.2) is 22.7 Å². The molecular weight excluding hydrogens is 326 g/mol. The molecule has 1 N–H and O–H groups in total. The predicted octanol–water partition coefficient (Wildman–Crippen LogP) is 4.63. The van der Waals surface area contributed by atoms with Crippen molar-refractivity contribution in [3.63, 3.8) is 0 Å². The Hall–Kier alpha value is -1.20. The predicted molar refractivity (Wildman–Crippen MR) is 75.5 cm³/mol. The molecule has 0 radical (unpaired) electrons. The number of allylic oxidation sites excluding steroid dienone is 1. The lowest BCUT2D eigenvalue weighted by Gasteiger charge is -2.07. The lowest BCUT2D eigenvalue weighted by Crippen LogP contribution is -2.17. The number of hydrogen-bond donors (Lipinski definition) is 1. The summed E-state index contributed by atoms with van der Waals surface area (Å²) in [6, 6.07) is 1.45. The van der Waals surface area contributed by atoms with Crippen molar-refractivity contribution in [1.82, 2.24) is 0 Å². The van der Waals surface area contributed by atoms with Crippen LogP contribution < -0.4 is 5.32 Å². The lowest BCUT2D eigenvalue weighted by molar-refractivity contribution is -0.118. The molecule has 0 spiro atoms. The van der Waals surface area contributed by atoms with E-state index in [0.717, 1.165) is 12.1 Å². The highest BCUT2D eigenvalue weighted by Crippen LogP contribution is 2.60. The Morgan fingerprint density at radius 1 is 1.24 bits per heavy atom. The average molecular weight is 338 g/mol. The number of anilines is 1. The van der Waals surface area contributed by atoms with Crippen molar-refractivity contribution in [2.75, 3.05) is 5.32 Å². The highest BCUT2D eigenvalue weighted by Gasteiger charge is 2.60. The van der Waals surface area contributed by atoms with E-state index < -0.39 is 29.3 Å². The highest BCUT2D eigenvalue weighted by molar-refractivity contribution is 6.55. The normalized spacial score (nSPS) is 22.6. The van der Waals surface area contributed by atoms with Crippen LogP contribution in [0.4, 0.5) is 18.9 Å². The summed E-state index contributed by atoms with van der Waals surface area (Å²) >= 11 is 11.2. The number of amides is 1. The quantitative estimate of drug-likeness (QED) is 0.800. The molecule has 0 saturated heterocycles. The molecule has 1 aliphatic carbocycles. The van der Waals surface area contributed by atoms with Gasteiger partial charge in [-0.1, -0.05) is 37.0 Å². The number of hydrogen-bond acceptors (Lipinski definition) is 1. The van der Waals surface area contributed by atoms with Gasteiger partial charge in [-0.25, -0.2) is 13.2 Å². The topological polar surface area (TPSA) is 29.1 Å². The second kappa shape index (κ2) is 5.54. The number of carbonyl (C=O) groups excluding carboxylic acids is 1. The molecular formula is C14H12Cl2F3NO. The van der Waals surface area contributed by atoms with Gasteiger partial charge in [-0.05, 0) is 17.4 Å². The van der Waals surface area contributed by atoms with E-state index in [9.17, 15) is 18.0 Å². The van der Waals surface area contributed by atoms with Gasteiger partial charge in [0.25, 0.3) is 0 Å². The van der Waals surface area contributed by atoms with Crippen molar-refractivity contribution in [2.24, 2.45) is 17.3 Å². The zero-order valence-electron chi connectivity index (χ0n) is 11.2. The standard InChI is InChI=1S/C14H12Cl2F3NO/c1-14(2)7(5-10(15)16)11(14)13(21)20-6-3-8(17)12(19)9(18)4-6/h3-5,7,11H,1-2H3,(H,20,21)/t7?,11-/m0/s1. The van der Waals surface area contributed by atoms with Crippen LogP contribution in [0.25, 0.3) is 0 Å². The van der Waals surface area contributed by atoms with Crippen LogP contribution in [0.5, 0.6) is 0 Å². The van der Waals surface area contributed by atoms with E-state index in [1.807, 2.05) is 13.8 Å². The fourth-order valence-corrected chi connectivity index (χ4v) is 2.74. The second-order valence-electron chi connectivity index (χ2n) is 5.52. The fourth-order valence-electron chi connectivity index (χ4n) is 2.47. The molecule has 7 heteroatoms. The Morgan fingerprint density at radius 2 is 1.76 bits per heavy atom. The maximum Gasteiger partial charge on any atom is 0.228 e. The summed E-state index contributed by atoms with van der Waals surface area (Å²) in [6.45, 7) is 3.70. The van der Waals surface area contributed by atoms with E-state index in [-0.39, 0.29) is 21.5 Å². The minimum Gasteiger partial charge on any atom is -0.326 e. The summed E-state index contributed by atoms with van der Waals surface area (Å²) in [6.07, 6.45) is 1.55. The lowest BCUT2D eigenvalue weighted by atomic mass is 10.1. The first-order chi connectivity index (χ1) is 9.64. The maximum atomic E-state index is 13.1. The molecule has 1 amide bonds. The van der Waals surface area contributed by atoms with Crippen LogP contribution in [0.3, 0.4) is 0 Å².